The quantitative estimate of drug-likeness (QED) is 0.481. The van der Waals surface area contributed by atoms with Gasteiger partial charge in [-0.3, -0.25) is 0 Å². The standard InChI is InChI=1S/C23H27FN4O3S/c1-25-21-12-17-11-20(24)22(13-18(17)19(21)10-16-6-4-3-5-7-16)31-9-8-27-32(29,30)23-14-28(2)15-26-23/h3-7,11,13-15,19,21,25,27H,8-10,12H2,1-2H3/t19-,21+/m1/s1. The van der Waals surface area contributed by atoms with Crippen molar-refractivity contribution < 1.29 is 17.5 Å². The summed E-state index contributed by atoms with van der Waals surface area (Å²) in [6.07, 6.45) is 4.42. The van der Waals surface area contributed by atoms with Crippen LogP contribution in [0.4, 0.5) is 4.39 Å². The van der Waals surface area contributed by atoms with E-state index in [1.807, 2.05) is 25.2 Å². The zero-order valence-corrected chi connectivity index (χ0v) is 18.9. The third-order valence-electron chi connectivity index (χ3n) is 5.80. The number of aryl methyl sites for hydroxylation is 1. The molecule has 1 aromatic heterocycles. The molecule has 0 radical (unpaired) electrons. The van der Waals surface area contributed by atoms with Gasteiger partial charge in [-0.05, 0) is 48.7 Å². The van der Waals surface area contributed by atoms with E-state index in [1.54, 1.807) is 17.7 Å². The Hall–Kier alpha value is -2.75. The number of imidazole rings is 1. The van der Waals surface area contributed by atoms with Gasteiger partial charge >= 0.3 is 0 Å². The van der Waals surface area contributed by atoms with Crippen LogP contribution >= 0.6 is 0 Å². The number of sulfonamides is 1. The Labute approximate surface area is 187 Å². The summed E-state index contributed by atoms with van der Waals surface area (Å²) in [6, 6.07) is 13.7. The number of benzene rings is 2. The van der Waals surface area contributed by atoms with E-state index in [1.165, 1.54) is 24.2 Å². The number of likely N-dealkylation sites (N-methyl/N-ethyl adjacent to an activating group) is 1. The monoisotopic (exact) mass is 458 g/mol. The SMILES string of the molecule is CN[C@H]1Cc2cc(F)c(OCCNS(=O)(=O)c3cn(C)cn3)cc2[C@H]1Cc1ccccc1. The molecule has 0 saturated heterocycles. The zero-order valence-electron chi connectivity index (χ0n) is 18.1. The topological polar surface area (TPSA) is 85.3 Å². The van der Waals surface area contributed by atoms with E-state index in [4.69, 9.17) is 4.74 Å². The smallest absolute Gasteiger partial charge is 0.259 e. The van der Waals surface area contributed by atoms with E-state index in [-0.39, 0.29) is 35.9 Å². The summed E-state index contributed by atoms with van der Waals surface area (Å²) < 4.78 is 48.7. The highest BCUT2D eigenvalue weighted by atomic mass is 32.2. The number of ether oxygens (including phenoxy) is 1. The molecule has 0 spiro atoms. The maximum Gasteiger partial charge on any atom is 0.259 e. The van der Waals surface area contributed by atoms with Gasteiger partial charge in [-0.1, -0.05) is 30.3 Å². The first-order chi connectivity index (χ1) is 15.4. The number of nitrogens with one attached hydrogen (secondary N) is 2. The van der Waals surface area contributed by atoms with Crippen molar-refractivity contribution in [2.45, 2.75) is 29.8 Å². The van der Waals surface area contributed by atoms with Gasteiger partial charge in [-0.15, -0.1) is 0 Å². The molecular weight excluding hydrogens is 431 g/mol. The molecule has 7 nitrogen and oxygen atoms in total. The number of rotatable bonds is 9. The molecule has 0 aliphatic heterocycles. The van der Waals surface area contributed by atoms with E-state index in [0.29, 0.717) is 0 Å². The van der Waals surface area contributed by atoms with Crippen LogP contribution in [0.25, 0.3) is 0 Å². The van der Waals surface area contributed by atoms with Crippen LogP contribution in [0.5, 0.6) is 5.75 Å². The lowest BCUT2D eigenvalue weighted by molar-refractivity contribution is 0.306. The van der Waals surface area contributed by atoms with Gasteiger partial charge < -0.3 is 14.6 Å². The van der Waals surface area contributed by atoms with Crippen molar-refractivity contribution in [3.05, 3.63) is 77.5 Å². The Morgan fingerprint density at radius 1 is 1.25 bits per heavy atom. The van der Waals surface area contributed by atoms with E-state index in [0.717, 1.165) is 24.0 Å². The predicted molar refractivity (Wildman–Crippen MR) is 120 cm³/mol. The van der Waals surface area contributed by atoms with Crippen molar-refractivity contribution in [1.82, 2.24) is 19.6 Å². The van der Waals surface area contributed by atoms with Crippen LogP contribution in [0.15, 0.2) is 60.0 Å². The van der Waals surface area contributed by atoms with Gasteiger partial charge in [-0.2, -0.15) is 0 Å². The minimum atomic E-state index is -3.73. The van der Waals surface area contributed by atoms with E-state index < -0.39 is 15.8 Å². The minimum absolute atomic E-state index is 0.000574. The molecule has 3 aromatic rings. The molecule has 1 heterocycles. The highest BCUT2D eigenvalue weighted by Gasteiger charge is 2.33. The molecule has 0 amide bonds. The van der Waals surface area contributed by atoms with Crippen LogP contribution in [0.2, 0.25) is 0 Å². The fraction of sp³-hybridized carbons (Fsp3) is 0.348. The number of halogens is 1. The predicted octanol–water partition coefficient (Wildman–Crippen LogP) is 2.39. The number of aromatic nitrogens is 2. The molecule has 170 valence electrons. The van der Waals surface area contributed by atoms with Crippen LogP contribution in [-0.4, -0.2) is 44.2 Å². The van der Waals surface area contributed by atoms with Gasteiger partial charge in [0, 0.05) is 31.7 Å². The Kier molecular flexibility index (Phi) is 6.59. The molecule has 0 bridgehead atoms. The molecule has 1 aliphatic rings. The molecule has 0 unspecified atom stereocenters. The van der Waals surface area contributed by atoms with E-state index in [9.17, 15) is 12.8 Å². The molecule has 0 fully saturated rings. The minimum Gasteiger partial charge on any atom is -0.489 e. The van der Waals surface area contributed by atoms with E-state index in [2.05, 4.69) is 27.2 Å². The molecular formula is C23H27FN4O3S. The Morgan fingerprint density at radius 3 is 2.72 bits per heavy atom. The van der Waals surface area contributed by atoms with Crippen molar-refractivity contribution in [3.8, 4) is 5.75 Å². The number of hydrogen-bond acceptors (Lipinski definition) is 5. The first-order valence-corrected chi connectivity index (χ1v) is 12.0. The van der Waals surface area contributed by atoms with Gasteiger partial charge in [0.25, 0.3) is 10.0 Å². The number of nitrogens with zero attached hydrogens (tertiary/aromatic N) is 2. The summed E-state index contributed by atoms with van der Waals surface area (Å²) in [6.45, 7) is 0.00257. The highest BCUT2D eigenvalue weighted by molar-refractivity contribution is 7.89. The first kappa shape index (κ1) is 22.4. The maximum absolute atomic E-state index is 14.7. The fourth-order valence-electron chi connectivity index (χ4n) is 4.20. The number of fused-ring (bicyclic) bond motifs is 1. The molecule has 1 aliphatic carbocycles. The second-order valence-corrected chi connectivity index (χ2v) is 9.71. The second-order valence-electron chi connectivity index (χ2n) is 8.00. The molecule has 2 atom stereocenters. The first-order valence-electron chi connectivity index (χ1n) is 10.5. The lowest BCUT2D eigenvalue weighted by atomic mass is 9.91. The molecule has 4 rings (SSSR count). The van der Waals surface area contributed by atoms with Gasteiger partial charge in [0.05, 0.1) is 6.33 Å². The third-order valence-corrected chi connectivity index (χ3v) is 7.14. The zero-order chi connectivity index (χ0) is 22.7. The van der Waals surface area contributed by atoms with Gasteiger partial charge in [0.15, 0.2) is 16.6 Å². The highest BCUT2D eigenvalue weighted by Crippen LogP contribution is 2.39. The lowest BCUT2D eigenvalue weighted by Crippen LogP contribution is -2.30. The molecule has 2 N–H and O–H groups in total. The summed E-state index contributed by atoms with van der Waals surface area (Å²) >= 11 is 0. The van der Waals surface area contributed by atoms with Gasteiger partial charge in [-0.25, -0.2) is 22.5 Å². The summed E-state index contributed by atoms with van der Waals surface area (Å²) in [5, 5.41) is 3.29. The summed E-state index contributed by atoms with van der Waals surface area (Å²) in [4.78, 5) is 3.84. The summed E-state index contributed by atoms with van der Waals surface area (Å²) in [5.74, 6) is -0.106. The van der Waals surface area contributed by atoms with Crippen LogP contribution < -0.4 is 14.8 Å². The molecule has 0 saturated carbocycles. The largest absolute Gasteiger partial charge is 0.489 e. The average Bonchev–Trinajstić information content (AvgIpc) is 3.36. The number of hydrogen-bond donors (Lipinski definition) is 2. The second kappa shape index (κ2) is 9.40. The third kappa shape index (κ3) is 4.85. The van der Waals surface area contributed by atoms with E-state index >= 15 is 0 Å². The van der Waals surface area contributed by atoms with Crippen LogP contribution in [-0.2, 0) is 29.9 Å². The Balaban J connectivity index is 1.44. The lowest BCUT2D eigenvalue weighted by Gasteiger charge is -2.20. The molecule has 32 heavy (non-hydrogen) atoms. The average molecular weight is 459 g/mol. The normalized spacial score (nSPS) is 18.0. The fourth-order valence-corrected chi connectivity index (χ4v) is 5.19. The van der Waals surface area contributed by atoms with Crippen molar-refractivity contribution in [3.63, 3.8) is 0 Å². The Morgan fingerprint density at radius 2 is 2.03 bits per heavy atom. The van der Waals surface area contributed by atoms with Crippen LogP contribution in [0.1, 0.15) is 22.6 Å². The summed E-state index contributed by atoms with van der Waals surface area (Å²) in [5.41, 5.74) is 3.27. The van der Waals surface area contributed by atoms with Crippen molar-refractivity contribution >= 4 is 10.0 Å². The maximum atomic E-state index is 14.7. The van der Waals surface area contributed by atoms with Gasteiger partial charge in [0.1, 0.15) is 6.61 Å². The van der Waals surface area contributed by atoms with Crippen molar-refractivity contribution in [2.75, 3.05) is 20.2 Å². The van der Waals surface area contributed by atoms with Crippen molar-refractivity contribution in [2.24, 2.45) is 7.05 Å². The molecule has 9 heteroatoms. The Bertz CT molecular complexity index is 1180. The molecule has 2 aromatic carbocycles. The van der Waals surface area contributed by atoms with Crippen molar-refractivity contribution in [1.29, 1.82) is 0 Å². The van der Waals surface area contributed by atoms with Crippen LogP contribution in [0, 0.1) is 5.82 Å². The summed E-state index contributed by atoms with van der Waals surface area (Å²) in [7, 11) is -0.115. The van der Waals surface area contributed by atoms with Gasteiger partial charge in [0.2, 0.25) is 0 Å². The van der Waals surface area contributed by atoms with Crippen LogP contribution in [0.3, 0.4) is 0 Å².